The highest BCUT2D eigenvalue weighted by Crippen LogP contribution is 2.40. The first kappa shape index (κ1) is 28.6. The molecule has 1 amide bonds. The van der Waals surface area contributed by atoms with Crippen molar-refractivity contribution < 1.29 is 18.7 Å². The van der Waals surface area contributed by atoms with Gasteiger partial charge >= 0.3 is 12.1 Å². The molecule has 4 heterocycles. The molecular weight excluding hydrogens is 589 g/mol. The van der Waals surface area contributed by atoms with Crippen molar-refractivity contribution in [1.82, 2.24) is 19.8 Å². The van der Waals surface area contributed by atoms with Gasteiger partial charge in [0.05, 0.1) is 27.1 Å². The van der Waals surface area contributed by atoms with Crippen molar-refractivity contribution >= 4 is 50.3 Å². The number of ether oxygens (including phenoxy) is 2. The molecule has 3 aliphatic rings. The van der Waals surface area contributed by atoms with Crippen LogP contribution in [0.25, 0.3) is 10.9 Å². The first-order valence-electron chi connectivity index (χ1n) is 13.9. The van der Waals surface area contributed by atoms with Crippen LogP contribution < -0.4 is 9.64 Å². The summed E-state index contributed by atoms with van der Waals surface area (Å²) in [6.07, 6.45) is 5.68. The molecule has 0 N–H and O–H groups in total. The zero-order valence-corrected chi connectivity index (χ0v) is 25.7. The lowest BCUT2D eigenvalue weighted by atomic mass is 9.92. The highest BCUT2D eigenvalue weighted by atomic mass is 79.9. The Balaban J connectivity index is 1.48. The van der Waals surface area contributed by atoms with Crippen LogP contribution in [0.5, 0.6) is 6.01 Å². The van der Waals surface area contributed by atoms with Crippen LogP contribution in [0.4, 0.5) is 15.0 Å². The van der Waals surface area contributed by atoms with Crippen LogP contribution in [-0.4, -0.2) is 82.4 Å². The number of likely N-dealkylation sites (N-methyl/N-ethyl adjacent to an activating group) is 1. The number of fused-ring (bicyclic) bond motifs is 3. The van der Waals surface area contributed by atoms with Crippen LogP contribution in [0, 0.1) is 5.82 Å². The largest absolute Gasteiger partial charge is 0.461 e. The molecule has 11 heteroatoms. The Labute approximate surface area is 243 Å². The Morgan fingerprint density at radius 3 is 2.54 bits per heavy atom. The van der Waals surface area contributed by atoms with E-state index in [1.165, 1.54) is 0 Å². The molecule has 3 fully saturated rings. The van der Waals surface area contributed by atoms with Crippen molar-refractivity contribution in [2.24, 2.45) is 0 Å². The first-order chi connectivity index (χ1) is 18.4. The second-order valence-corrected chi connectivity index (χ2v) is 13.4. The van der Waals surface area contributed by atoms with E-state index >= 15 is 4.39 Å². The van der Waals surface area contributed by atoms with Crippen LogP contribution >= 0.6 is 27.5 Å². The predicted octanol–water partition coefficient (Wildman–Crippen LogP) is 6.42. The van der Waals surface area contributed by atoms with Gasteiger partial charge in [0.1, 0.15) is 23.5 Å². The number of nitrogens with zero attached hydrogens (tertiary/aromatic N) is 5. The molecule has 0 radical (unpaired) electrons. The van der Waals surface area contributed by atoms with Gasteiger partial charge in [0, 0.05) is 18.5 Å². The lowest BCUT2D eigenvalue weighted by molar-refractivity contribution is 0.0122. The minimum absolute atomic E-state index is 0.0243. The lowest BCUT2D eigenvalue weighted by Gasteiger charge is -2.42. The summed E-state index contributed by atoms with van der Waals surface area (Å²) in [5.74, 6) is 0.0379. The van der Waals surface area contributed by atoms with E-state index in [2.05, 4.69) is 44.7 Å². The second-order valence-electron chi connectivity index (χ2n) is 12.2. The van der Waals surface area contributed by atoms with Gasteiger partial charge in [-0.25, -0.2) is 9.18 Å². The van der Waals surface area contributed by atoms with E-state index < -0.39 is 11.4 Å². The monoisotopic (exact) mass is 625 g/mol. The number of piperazine rings is 1. The van der Waals surface area contributed by atoms with Crippen molar-refractivity contribution in [2.45, 2.75) is 89.4 Å². The number of carbonyl (C=O) groups excluding carboxylic acids is 1. The van der Waals surface area contributed by atoms with Crippen LogP contribution in [0.15, 0.2) is 10.5 Å². The highest BCUT2D eigenvalue weighted by Gasteiger charge is 2.45. The molecule has 2 aromatic rings. The van der Waals surface area contributed by atoms with Gasteiger partial charge in [-0.2, -0.15) is 9.97 Å². The summed E-state index contributed by atoms with van der Waals surface area (Å²) in [6.45, 7) is 10.4. The van der Waals surface area contributed by atoms with Crippen molar-refractivity contribution in [2.75, 3.05) is 38.2 Å². The third kappa shape index (κ3) is 5.53. The Bertz CT molecular complexity index is 1250. The zero-order valence-electron chi connectivity index (χ0n) is 23.4. The molecule has 8 nitrogen and oxygen atoms in total. The van der Waals surface area contributed by atoms with E-state index in [-0.39, 0.29) is 44.7 Å². The van der Waals surface area contributed by atoms with Crippen LogP contribution in [0.1, 0.15) is 66.2 Å². The maximum absolute atomic E-state index is 15.5. The van der Waals surface area contributed by atoms with Crippen molar-refractivity contribution in [3.8, 4) is 6.01 Å². The van der Waals surface area contributed by atoms with Crippen LogP contribution in [0.3, 0.4) is 0 Å². The van der Waals surface area contributed by atoms with E-state index in [4.69, 9.17) is 26.1 Å². The first-order valence-corrected chi connectivity index (χ1v) is 15.0. The Hall–Kier alpha value is -1.91. The number of carbonyl (C=O) groups is 1. The number of hydrogen-bond acceptors (Lipinski definition) is 7. The standard InChI is InChI=1S/C28H38BrClFN5O3/c1-6-10-28(11-7-12-34(28)5)16-38-25-32-23-19(13-20(30)21(29)22(23)31)24(33-25)35-14-17-8-9-18(15-35)36(17)26(37)39-27(2,3)4/h13,17-18H,6-12,14-16H2,1-5H3. The van der Waals surface area contributed by atoms with Crippen LogP contribution in [0.2, 0.25) is 5.02 Å². The van der Waals surface area contributed by atoms with E-state index in [9.17, 15) is 4.79 Å². The molecule has 0 aliphatic carbocycles. The summed E-state index contributed by atoms with van der Waals surface area (Å²) >= 11 is 9.65. The minimum atomic E-state index is -0.563. The summed E-state index contributed by atoms with van der Waals surface area (Å²) in [5.41, 5.74) is -0.477. The molecular formula is C28H38BrClFN5O3. The van der Waals surface area contributed by atoms with Gasteiger partial charge in [0.25, 0.3) is 0 Å². The molecule has 1 aromatic heterocycles. The zero-order chi connectivity index (χ0) is 28.1. The number of rotatable bonds is 6. The number of halogens is 3. The number of benzene rings is 1. The maximum Gasteiger partial charge on any atom is 0.410 e. The van der Waals surface area contributed by atoms with E-state index in [1.807, 2.05) is 25.7 Å². The molecule has 3 aliphatic heterocycles. The average Bonchev–Trinajstić information content (AvgIpc) is 3.36. The van der Waals surface area contributed by atoms with Crippen molar-refractivity contribution in [1.29, 1.82) is 0 Å². The molecule has 2 bridgehead atoms. The van der Waals surface area contributed by atoms with E-state index in [0.717, 1.165) is 45.1 Å². The SMILES string of the molecule is CCCC1(COc2nc(N3CC4CCC(C3)N4C(=O)OC(C)(C)C)c3cc(Cl)c(Br)c(F)c3n2)CCCN1C. The minimum Gasteiger partial charge on any atom is -0.461 e. The highest BCUT2D eigenvalue weighted by molar-refractivity contribution is 9.10. The fraction of sp³-hybridized carbons (Fsp3) is 0.679. The van der Waals surface area contributed by atoms with Gasteiger partial charge in [-0.05, 0) is 88.5 Å². The molecule has 0 saturated carbocycles. The molecule has 3 saturated heterocycles. The summed E-state index contributed by atoms with van der Waals surface area (Å²) < 4.78 is 27.6. The van der Waals surface area contributed by atoms with Gasteiger partial charge in [-0.3, -0.25) is 9.80 Å². The molecule has 39 heavy (non-hydrogen) atoms. The van der Waals surface area contributed by atoms with Crippen molar-refractivity contribution in [3.63, 3.8) is 0 Å². The van der Waals surface area contributed by atoms with Gasteiger partial charge < -0.3 is 14.4 Å². The summed E-state index contributed by atoms with van der Waals surface area (Å²) in [6, 6.07) is 1.81. The number of amides is 1. The second kappa shape index (κ2) is 10.8. The molecule has 3 atom stereocenters. The van der Waals surface area contributed by atoms with E-state index in [0.29, 0.717) is 30.9 Å². The third-order valence-electron chi connectivity index (χ3n) is 8.30. The number of anilines is 1. The van der Waals surface area contributed by atoms with Gasteiger partial charge in [-0.15, -0.1) is 0 Å². The van der Waals surface area contributed by atoms with Gasteiger partial charge in [-0.1, -0.05) is 24.9 Å². The molecule has 214 valence electrons. The Morgan fingerprint density at radius 2 is 1.95 bits per heavy atom. The predicted molar refractivity (Wildman–Crippen MR) is 154 cm³/mol. The Kier molecular flexibility index (Phi) is 7.94. The fourth-order valence-corrected chi connectivity index (χ4v) is 6.93. The van der Waals surface area contributed by atoms with Gasteiger partial charge in [0.2, 0.25) is 0 Å². The third-order valence-corrected chi connectivity index (χ3v) is 9.60. The van der Waals surface area contributed by atoms with Gasteiger partial charge in [0.15, 0.2) is 5.82 Å². The summed E-state index contributed by atoms with van der Waals surface area (Å²) in [5, 5.41) is 0.780. The molecule has 0 spiro atoms. The van der Waals surface area contributed by atoms with Crippen molar-refractivity contribution in [3.05, 3.63) is 21.4 Å². The topological polar surface area (TPSA) is 71.0 Å². The van der Waals surface area contributed by atoms with E-state index in [1.54, 1.807) is 6.07 Å². The van der Waals surface area contributed by atoms with Crippen LogP contribution in [-0.2, 0) is 4.74 Å². The fourth-order valence-electron chi connectivity index (χ4n) is 6.44. The summed E-state index contributed by atoms with van der Waals surface area (Å²) in [4.78, 5) is 28.7. The normalized spacial score (nSPS) is 25.5. The number of likely N-dealkylation sites (tertiary alicyclic amines) is 1. The molecule has 1 aromatic carbocycles. The average molecular weight is 627 g/mol. The quantitative estimate of drug-likeness (QED) is 0.343. The Morgan fingerprint density at radius 1 is 1.26 bits per heavy atom. The number of hydrogen-bond donors (Lipinski definition) is 0. The smallest absolute Gasteiger partial charge is 0.410 e. The summed E-state index contributed by atoms with van der Waals surface area (Å²) in [7, 11) is 2.14. The lowest BCUT2D eigenvalue weighted by Crippen LogP contribution is -2.57. The molecule has 5 rings (SSSR count). The number of aromatic nitrogens is 2. The molecule has 3 unspecified atom stereocenters. The maximum atomic E-state index is 15.5.